The van der Waals surface area contributed by atoms with Crippen molar-refractivity contribution in [1.29, 1.82) is 5.41 Å². The molecule has 0 saturated heterocycles. The number of hydrogen-bond acceptors (Lipinski definition) is 2. The maximum Gasteiger partial charge on any atom is 0.128 e. The van der Waals surface area contributed by atoms with Crippen LogP contribution >= 0.6 is 0 Å². The molecule has 3 aromatic rings. The number of pyridine rings is 1. The summed E-state index contributed by atoms with van der Waals surface area (Å²) < 4.78 is 7.14. The summed E-state index contributed by atoms with van der Waals surface area (Å²) in [5.74, 6) is 0.848. The van der Waals surface area contributed by atoms with Gasteiger partial charge in [-0.15, -0.1) is 0 Å². The number of ether oxygens (including phenoxy) is 1. The van der Waals surface area contributed by atoms with E-state index in [1.165, 1.54) is 0 Å². The van der Waals surface area contributed by atoms with Gasteiger partial charge in [0.2, 0.25) is 0 Å². The summed E-state index contributed by atoms with van der Waals surface area (Å²) in [6, 6.07) is 20.3. The van der Waals surface area contributed by atoms with Crippen LogP contribution in [-0.2, 0) is 6.54 Å². The third-order valence-electron chi connectivity index (χ3n) is 4.06. The van der Waals surface area contributed by atoms with Gasteiger partial charge in [0.15, 0.2) is 0 Å². The molecular formula is C20H20N2O. The molecule has 116 valence electrons. The molecule has 23 heavy (non-hydrogen) atoms. The maximum absolute atomic E-state index is 8.45. The molecule has 0 radical (unpaired) electrons. The highest BCUT2D eigenvalue weighted by molar-refractivity contribution is 5.66. The van der Waals surface area contributed by atoms with Crippen LogP contribution in [-0.4, -0.2) is 11.7 Å². The lowest BCUT2D eigenvalue weighted by molar-refractivity contribution is 0.414. The molecule has 0 atom stereocenters. The SMILES string of the molecule is COc1ccc(Cn2ccc(-c3ccccc3)c(C)c2=N)cc1. The van der Waals surface area contributed by atoms with E-state index < -0.39 is 0 Å². The molecule has 0 aliphatic heterocycles. The first kappa shape index (κ1) is 15.1. The number of nitrogens with one attached hydrogen (secondary N) is 1. The Morgan fingerprint density at radius 1 is 0.957 bits per heavy atom. The van der Waals surface area contributed by atoms with E-state index in [1.807, 2.05) is 60.2 Å². The number of hydrogen-bond donors (Lipinski definition) is 1. The van der Waals surface area contributed by atoms with Crippen molar-refractivity contribution >= 4 is 0 Å². The summed E-state index contributed by atoms with van der Waals surface area (Å²) in [6.45, 7) is 2.69. The summed E-state index contributed by atoms with van der Waals surface area (Å²) in [4.78, 5) is 0. The normalized spacial score (nSPS) is 10.5. The van der Waals surface area contributed by atoms with E-state index in [0.29, 0.717) is 12.0 Å². The lowest BCUT2D eigenvalue weighted by Gasteiger charge is -2.13. The van der Waals surface area contributed by atoms with E-state index in [1.54, 1.807) is 7.11 Å². The molecule has 0 amide bonds. The number of aromatic nitrogens is 1. The van der Waals surface area contributed by atoms with Crippen molar-refractivity contribution in [2.24, 2.45) is 0 Å². The second-order valence-electron chi connectivity index (χ2n) is 5.55. The zero-order valence-corrected chi connectivity index (χ0v) is 13.4. The van der Waals surface area contributed by atoms with Crippen LogP contribution in [0.2, 0.25) is 0 Å². The van der Waals surface area contributed by atoms with Gasteiger partial charge in [-0.1, -0.05) is 42.5 Å². The average Bonchev–Trinajstić information content (AvgIpc) is 2.60. The Labute approximate surface area is 136 Å². The zero-order chi connectivity index (χ0) is 16.2. The Kier molecular flexibility index (Phi) is 4.29. The van der Waals surface area contributed by atoms with Gasteiger partial charge in [0.25, 0.3) is 0 Å². The van der Waals surface area contributed by atoms with E-state index in [2.05, 4.69) is 18.2 Å². The first-order valence-electron chi connectivity index (χ1n) is 7.62. The molecule has 3 rings (SSSR count). The largest absolute Gasteiger partial charge is 0.497 e. The molecule has 1 N–H and O–H groups in total. The van der Waals surface area contributed by atoms with Crippen molar-refractivity contribution in [2.75, 3.05) is 7.11 Å². The molecule has 2 aromatic carbocycles. The lowest BCUT2D eigenvalue weighted by atomic mass is 10.0. The van der Waals surface area contributed by atoms with Crippen molar-refractivity contribution in [2.45, 2.75) is 13.5 Å². The first-order chi connectivity index (χ1) is 11.2. The number of nitrogens with zero attached hydrogens (tertiary/aromatic N) is 1. The topological polar surface area (TPSA) is 38.0 Å². The van der Waals surface area contributed by atoms with Crippen molar-refractivity contribution in [3.8, 4) is 16.9 Å². The fourth-order valence-electron chi connectivity index (χ4n) is 2.70. The Morgan fingerprint density at radius 2 is 1.65 bits per heavy atom. The molecule has 0 bridgehead atoms. The number of benzene rings is 2. The van der Waals surface area contributed by atoms with Gasteiger partial charge in [0.05, 0.1) is 7.11 Å². The lowest BCUT2D eigenvalue weighted by Crippen LogP contribution is -2.23. The zero-order valence-electron chi connectivity index (χ0n) is 13.4. The second-order valence-corrected chi connectivity index (χ2v) is 5.55. The van der Waals surface area contributed by atoms with Gasteiger partial charge in [0.1, 0.15) is 11.2 Å². The van der Waals surface area contributed by atoms with Gasteiger partial charge >= 0.3 is 0 Å². The molecule has 1 aromatic heterocycles. The minimum Gasteiger partial charge on any atom is -0.497 e. The van der Waals surface area contributed by atoms with Crippen LogP contribution in [0.15, 0.2) is 66.9 Å². The molecule has 1 heterocycles. The third-order valence-corrected chi connectivity index (χ3v) is 4.06. The molecule has 3 nitrogen and oxygen atoms in total. The Balaban J connectivity index is 1.92. The van der Waals surface area contributed by atoms with Crippen LogP contribution in [0.1, 0.15) is 11.1 Å². The van der Waals surface area contributed by atoms with Gasteiger partial charge in [0, 0.05) is 12.7 Å². The van der Waals surface area contributed by atoms with E-state index in [9.17, 15) is 0 Å². The summed E-state index contributed by atoms with van der Waals surface area (Å²) in [6.07, 6.45) is 1.99. The van der Waals surface area contributed by atoms with Crippen LogP contribution in [0.4, 0.5) is 0 Å². The molecule has 0 aliphatic rings. The maximum atomic E-state index is 8.45. The molecule has 0 spiro atoms. The molecule has 3 heteroatoms. The Morgan fingerprint density at radius 3 is 2.30 bits per heavy atom. The minimum atomic E-state index is 0.544. The molecule has 0 unspecified atom stereocenters. The monoisotopic (exact) mass is 304 g/mol. The highest BCUT2D eigenvalue weighted by Gasteiger charge is 2.06. The minimum absolute atomic E-state index is 0.544. The molecular weight excluding hydrogens is 284 g/mol. The fraction of sp³-hybridized carbons (Fsp3) is 0.150. The van der Waals surface area contributed by atoms with E-state index in [-0.39, 0.29) is 0 Å². The average molecular weight is 304 g/mol. The van der Waals surface area contributed by atoms with Crippen LogP contribution in [0.25, 0.3) is 11.1 Å². The van der Waals surface area contributed by atoms with E-state index >= 15 is 0 Å². The standard InChI is InChI=1S/C20H20N2O/c1-15-19(17-6-4-3-5-7-17)12-13-22(20(15)21)14-16-8-10-18(23-2)11-9-16/h3-13,21H,14H2,1-2H3. The van der Waals surface area contributed by atoms with Gasteiger partial charge < -0.3 is 9.30 Å². The predicted molar refractivity (Wildman–Crippen MR) is 92.6 cm³/mol. The van der Waals surface area contributed by atoms with Gasteiger partial charge in [-0.25, -0.2) is 0 Å². The molecule has 0 aliphatic carbocycles. The Bertz CT molecular complexity index is 849. The van der Waals surface area contributed by atoms with Crippen molar-refractivity contribution in [1.82, 2.24) is 4.57 Å². The second kappa shape index (κ2) is 6.53. The van der Waals surface area contributed by atoms with Gasteiger partial charge in [-0.3, -0.25) is 5.41 Å². The molecule has 0 fully saturated rings. The van der Waals surface area contributed by atoms with E-state index in [0.717, 1.165) is 28.0 Å². The smallest absolute Gasteiger partial charge is 0.128 e. The molecule has 0 saturated carbocycles. The van der Waals surface area contributed by atoms with Crippen LogP contribution in [0.5, 0.6) is 5.75 Å². The Hall–Kier alpha value is -2.81. The predicted octanol–water partition coefficient (Wildman–Crippen LogP) is 4.00. The van der Waals surface area contributed by atoms with Crippen LogP contribution in [0.3, 0.4) is 0 Å². The quantitative estimate of drug-likeness (QED) is 0.777. The fourth-order valence-corrected chi connectivity index (χ4v) is 2.70. The van der Waals surface area contributed by atoms with Crippen LogP contribution < -0.4 is 10.2 Å². The van der Waals surface area contributed by atoms with Crippen molar-refractivity contribution in [3.05, 3.63) is 83.5 Å². The summed E-state index contributed by atoms with van der Waals surface area (Å²) >= 11 is 0. The summed E-state index contributed by atoms with van der Waals surface area (Å²) in [5, 5.41) is 8.45. The third kappa shape index (κ3) is 3.19. The van der Waals surface area contributed by atoms with Crippen molar-refractivity contribution in [3.63, 3.8) is 0 Å². The van der Waals surface area contributed by atoms with Crippen LogP contribution in [0, 0.1) is 12.3 Å². The van der Waals surface area contributed by atoms with Crippen molar-refractivity contribution < 1.29 is 4.74 Å². The van der Waals surface area contributed by atoms with E-state index in [4.69, 9.17) is 10.1 Å². The van der Waals surface area contributed by atoms with Gasteiger partial charge in [-0.05, 0) is 47.4 Å². The summed E-state index contributed by atoms with van der Waals surface area (Å²) in [7, 11) is 1.66. The highest BCUT2D eigenvalue weighted by atomic mass is 16.5. The highest BCUT2D eigenvalue weighted by Crippen LogP contribution is 2.20. The first-order valence-corrected chi connectivity index (χ1v) is 7.62. The number of rotatable bonds is 4. The summed E-state index contributed by atoms with van der Waals surface area (Å²) in [5.41, 5.74) is 4.95. The number of methoxy groups -OCH3 is 1. The van der Waals surface area contributed by atoms with Gasteiger partial charge in [-0.2, -0.15) is 0 Å².